The van der Waals surface area contributed by atoms with E-state index in [0.717, 1.165) is 25.8 Å². The maximum atomic E-state index is 12.4. The quantitative estimate of drug-likeness (QED) is 0.862. The van der Waals surface area contributed by atoms with E-state index in [1.54, 1.807) is 0 Å². The number of piperidine rings is 1. The Hall–Kier alpha value is -0.980. The minimum atomic E-state index is -4.14. The first-order chi connectivity index (χ1) is 10.9. The Kier molecular flexibility index (Phi) is 5.04. The summed E-state index contributed by atoms with van der Waals surface area (Å²) in [6.45, 7) is 1.35. The Morgan fingerprint density at radius 3 is 2.65 bits per heavy atom. The molecular weight excluding hydrogens is 307 g/mol. The van der Waals surface area contributed by atoms with Gasteiger partial charge in [-0.3, -0.25) is 4.90 Å². The zero-order valence-corrected chi connectivity index (χ0v) is 13.4. The predicted molar refractivity (Wildman–Crippen MR) is 81.1 cm³/mol. The average molecular weight is 333 g/mol. The molecule has 2 heterocycles. The monoisotopic (exact) mass is 333 g/mol. The topological polar surface area (TPSA) is 35.6 Å². The lowest BCUT2D eigenvalue weighted by Crippen LogP contribution is -2.51. The zero-order valence-electron chi connectivity index (χ0n) is 13.4. The highest BCUT2D eigenvalue weighted by molar-refractivity contribution is 5.74. The van der Waals surface area contributed by atoms with Crippen molar-refractivity contribution in [2.75, 3.05) is 32.7 Å². The van der Waals surface area contributed by atoms with Crippen LogP contribution >= 0.6 is 0 Å². The van der Waals surface area contributed by atoms with Crippen LogP contribution in [-0.2, 0) is 0 Å². The summed E-state index contributed by atoms with van der Waals surface area (Å²) in [5.74, 6) is 0.786. The van der Waals surface area contributed by atoms with Crippen molar-refractivity contribution >= 4 is 6.03 Å². The van der Waals surface area contributed by atoms with Gasteiger partial charge in [0, 0.05) is 25.7 Å². The van der Waals surface area contributed by atoms with Gasteiger partial charge in [0.1, 0.15) is 0 Å². The number of amides is 2. The van der Waals surface area contributed by atoms with E-state index in [1.165, 1.54) is 24.2 Å². The summed E-state index contributed by atoms with van der Waals surface area (Å²) in [6, 6.07) is 0.366. The molecule has 132 valence electrons. The van der Waals surface area contributed by atoms with Crippen LogP contribution in [0.2, 0.25) is 0 Å². The largest absolute Gasteiger partial charge is 0.401 e. The van der Waals surface area contributed by atoms with Gasteiger partial charge in [0.05, 0.1) is 6.54 Å². The molecule has 3 aliphatic rings. The first kappa shape index (κ1) is 16.9. The van der Waals surface area contributed by atoms with Crippen LogP contribution in [0.15, 0.2) is 0 Å². The summed E-state index contributed by atoms with van der Waals surface area (Å²) in [6.07, 6.45) is 2.41. The molecule has 3 unspecified atom stereocenters. The number of nitrogens with one attached hydrogen (secondary N) is 1. The molecule has 2 amide bonds. The summed E-state index contributed by atoms with van der Waals surface area (Å²) in [4.78, 5) is 15.8. The lowest BCUT2D eigenvalue weighted by atomic mass is 9.92. The van der Waals surface area contributed by atoms with Crippen molar-refractivity contribution in [3.8, 4) is 0 Å². The van der Waals surface area contributed by atoms with Crippen molar-refractivity contribution in [2.24, 2.45) is 11.8 Å². The van der Waals surface area contributed by atoms with Crippen molar-refractivity contribution < 1.29 is 18.0 Å². The zero-order chi connectivity index (χ0) is 16.4. The van der Waals surface area contributed by atoms with Crippen LogP contribution in [0.5, 0.6) is 0 Å². The van der Waals surface area contributed by atoms with E-state index in [0.29, 0.717) is 31.6 Å². The lowest BCUT2D eigenvalue weighted by Gasteiger charge is -2.37. The molecule has 3 fully saturated rings. The fraction of sp³-hybridized carbons (Fsp3) is 0.938. The third kappa shape index (κ3) is 4.31. The number of carbonyl (C=O) groups excluding carboxylic acids is 1. The van der Waals surface area contributed by atoms with Crippen molar-refractivity contribution in [2.45, 2.75) is 50.7 Å². The van der Waals surface area contributed by atoms with Gasteiger partial charge in [-0.2, -0.15) is 13.2 Å². The second-order valence-electron chi connectivity index (χ2n) is 7.29. The lowest BCUT2D eigenvalue weighted by molar-refractivity contribution is -0.143. The van der Waals surface area contributed by atoms with Crippen LogP contribution in [0.25, 0.3) is 0 Å². The maximum Gasteiger partial charge on any atom is 0.401 e. The summed E-state index contributed by atoms with van der Waals surface area (Å²) >= 11 is 0. The number of hydrogen-bond acceptors (Lipinski definition) is 2. The summed E-state index contributed by atoms with van der Waals surface area (Å²) < 4.78 is 37.2. The number of urea groups is 1. The summed E-state index contributed by atoms with van der Waals surface area (Å²) in [7, 11) is 0. The molecule has 3 atom stereocenters. The van der Waals surface area contributed by atoms with Crippen molar-refractivity contribution in [3.05, 3.63) is 0 Å². The first-order valence-corrected chi connectivity index (χ1v) is 8.76. The number of alkyl halides is 3. The van der Waals surface area contributed by atoms with Crippen molar-refractivity contribution in [3.63, 3.8) is 0 Å². The average Bonchev–Trinajstić information content (AvgIpc) is 3.11. The molecule has 3 rings (SSSR count). The van der Waals surface area contributed by atoms with E-state index >= 15 is 0 Å². The molecule has 2 saturated heterocycles. The van der Waals surface area contributed by atoms with Crippen LogP contribution in [0.4, 0.5) is 18.0 Å². The SMILES string of the molecule is O=C(NCC1CCN(CC(F)(F)F)C1)N1CCCC2CCCC21. The number of rotatable bonds is 3. The Morgan fingerprint density at radius 2 is 1.87 bits per heavy atom. The van der Waals surface area contributed by atoms with Crippen molar-refractivity contribution in [1.82, 2.24) is 15.1 Å². The molecule has 23 heavy (non-hydrogen) atoms. The Labute approximate surface area is 135 Å². The first-order valence-electron chi connectivity index (χ1n) is 8.76. The van der Waals surface area contributed by atoms with Gasteiger partial charge in [0.25, 0.3) is 0 Å². The van der Waals surface area contributed by atoms with Gasteiger partial charge in [-0.25, -0.2) is 4.79 Å². The van der Waals surface area contributed by atoms with Gasteiger partial charge < -0.3 is 10.2 Å². The standard InChI is InChI=1S/C16H26F3N3O/c17-16(18,19)11-21-8-6-12(10-21)9-20-15(23)22-7-2-4-13-3-1-5-14(13)22/h12-14H,1-11H2,(H,20,23). The maximum absolute atomic E-state index is 12.4. The minimum absolute atomic E-state index is 0.0177. The summed E-state index contributed by atoms with van der Waals surface area (Å²) in [5, 5.41) is 2.97. The van der Waals surface area contributed by atoms with E-state index in [2.05, 4.69) is 5.32 Å². The van der Waals surface area contributed by atoms with Gasteiger partial charge in [0.2, 0.25) is 0 Å². The van der Waals surface area contributed by atoms with Crippen LogP contribution in [-0.4, -0.2) is 60.8 Å². The van der Waals surface area contributed by atoms with Gasteiger partial charge in [-0.15, -0.1) is 0 Å². The van der Waals surface area contributed by atoms with Crippen molar-refractivity contribution in [1.29, 1.82) is 0 Å². The Balaban J connectivity index is 1.43. The summed E-state index contributed by atoms with van der Waals surface area (Å²) in [5.41, 5.74) is 0. The van der Waals surface area contributed by atoms with Gasteiger partial charge >= 0.3 is 12.2 Å². The number of fused-ring (bicyclic) bond motifs is 1. The molecule has 1 aliphatic carbocycles. The highest BCUT2D eigenvalue weighted by atomic mass is 19.4. The molecule has 7 heteroatoms. The van der Waals surface area contributed by atoms with Crippen LogP contribution < -0.4 is 5.32 Å². The number of hydrogen-bond donors (Lipinski definition) is 1. The molecule has 1 saturated carbocycles. The third-order valence-electron chi connectivity index (χ3n) is 5.57. The molecule has 0 spiro atoms. The highest BCUT2D eigenvalue weighted by Crippen LogP contribution is 2.36. The smallest absolute Gasteiger partial charge is 0.338 e. The minimum Gasteiger partial charge on any atom is -0.338 e. The molecule has 0 aromatic rings. The molecule has 1 N–H and O–H groups in total. The normalized spacial score (nSPS) is 32.1. The Morgan fingerprint density at radius 1 is 1.09 bits per heavy atom. The highest BCUT2D eigenvalue weighted by Gasteiger charge is 2.38. The second kappa shape index (κ2) is 6.87. The molecule has 0 aromatic carbocycles. The van der Waals surface area contributed by atoms with E-state index < -0.39 is 12.7 Å². The van der Waals surface area contributed by atoms with Gasteiger partial charge in [-0.1, -0.05) is 6.42 Å². The Bertz CT molecular complexity index is 429. The fourth-order valence-electron chi connectivity index (χ4n) is 4.52. The predicted octanol–water partition coefficient (Wildman–Crippen LogP) is 2.84. The van der Waals surface area contributed by atoms with Crippen LogP contribution in [0.3, 0.4) is 0 Å². The van der Waals surface area contributed by atoms with E-state index in [1.807, 2.05) is 4.90 Å². The third-order valence-corrected chi connectivity index (χ3v) is 5.57. The number of halogens is 3. The van der Waals surface area contributed by atoms with Gasteiger partial charge in [0.15, 0.2) is 0 Å². The molecule has 2 aliphatic heterocycles. The second-order valence-corrected chi connectivity index (χ2v) is 7.29. The molecule has 0 bridgehead atoms. The van der Waals surface area contributed by atoms with E-state index in [9.17, 15) is 18.0 Å². The number of carbonyl (C=O) groups is 1. The van der Waals surface area contributed by atoms with E-state index in [-0.39, 0.29) is 11.9 Å². The number of nitrogens with zero attached hydrogens (tertiary/aromatic N) is 2. The number of likely N-dealkylation sites (tertiary alicyclic amines) is 2. The van der Waals surface area contributed by atoms with E-state index in [4.69, 9.17) is 0 Å². The molecular formula is C16H26F3N3O. The molecule has 4 nitrogen and oxygen atoms in total. The van der Waals surface area contributed by atoms with Gasteiger partial charge in [-0.05, 0) is 50.5 Å². The molecule has 0 aromatic heterocycles. The van der Waals surface area contributed by atoms with Crippen LogP contribution in [0, 0.1) is 11.8 Å². The fourth-order valence-corrected chi connectivity index (χ4v) is 4.52. The molecule has 0 radical (unpaired) electrons. The van der Waals surface area contributed by atoms with Crippen LogP contribution in [0.1, 0.15) is 38.5 Å².